The molecule has 0 fully saturated rings. The number of fused-ring (bicyclic) bond motifs is 3. The van der Waals surface area contributed by atoms with E-state index in [9.17, 15) is 5.26 Å². The first-order valence-corrected chi connectivity index (χ1v) is 14.1. The van der Waals surface area contributed by atoms with Crippen LogP contribution < -0.4 is 4.57 Å². The molecule has 0 unspecified atom stereocenters. The minimum atomic E-state index is 0.598. The standard InChI is InChI=1S/C39H29N2O/c1-25-9-22-35(41(3)24-25)36-26(2)10-20-33-34-21-19-32(23-40)37(39(34)42-38(33)36)31-17-15-30(16-18-31)29-13-11-28(12-14-29)27-7-5-4-6-8-27/h4-22,24H,1-3H3/q+1. The van der Waals surface area contributed by atoms with Gasteiger partial charge in [-0.25, -0.2) is 4.57 Å². The van der Waals surface area contributed by atoms with Crippen molar-refractivity contribution in [2.45, 2.75) is 13.8 Å². The average Bonchev–Trinajstić information content (AvgIpc) is 3.40. The third-order valence-electron chi connectivity index (χ3n) is 8.17. The van der Waals surface area contributed by atoms with E-state index in [1.807, 2.05) is 18.2 Å². The highest BCUT2D eigenvalue weighted by Crippen LogP contribution is 2.42. The fourth-order valence-electron chi connectivity index (χ4n) is 6.02. The van der Waals surface area contributed by atoms with Gasteiger partial charge in [0, 0.05) is 28.0 Å². The second-order valence-corrected chi connectivity index (χ2v) is 10.9. The van der Waals surface area contributed by atoms with Crippen LogP contribution in [0.5, 0.6) is 0 Å². The zero-order valence-corrected chi connectivity index (χ0v) is 23.8. The first-order valence-electron chi connectivity index (χ1n) is 14.1. The van der Waals surface area contributed by atoms with E-state index in [-0.39, 0.29) is 0 Å². The van der Waals surface area contributed by atoms with Gasteiger partial charge in [-0.2, -0.15) is 5.26 Å². The fraction of sp³-hybridized carbons (Fsp3) is 0.0769. The van der Waals surface area contributed by atoms with E-state index in [4.69, 9.17) is 4.42 Å². The summed E-state index contributed by atoms with van der Waals surface area (Å²) in [5.41, 5.74) is 13.1. The molecule has 0 atom stereocenters. The third-order valence-corrected chi connectivity index (χ3v) is 8.17. The second kappa shape index (κ2) is 10.2. The van der Waals surface area contributed by atoms with E-state index in [1.165, 1.54) is 16.7 Å². The van der Waals surface area contributed by atoms with Gasteiger partial charge in [-0.05, 0) is 65.4 Å². The van der Waals surface area contributed by atoms with E-state index in [1.54, 1.807) is 0 Å². The predicted molar refractivity (Wildman–Crippen MR) is 171 cm³/mol. The number of furan rings is 1. The first kappa shape index (κ1) is 25.5. The van der Waals surface area contributed by atoms with Gasteiger partial charge in [-0.15, -0.1) is 0 Å². The topological polar surface area (TPSA) is 40.8 Å². The Morgan fingerprint density at radius 2 is 1.12 bits per heavy atom. The van der Waals surface area contributed by atoms with Crippen molar-refractivity contribution in [3.63, 3.8) is 0 Å². The van der Waals surface area contributed by atoms with Gasteiger partial charge in [0.2, 0.25) is 5.69 Å². The zero-order chi connectivity index (χ0) is 28.8. The van der Waals surface area contributed by atoms with Crippen LogP contribution in [0.1, 0.15) is 16.7 Å². The number of nitriles is 1. The Morgan fingerprint density at radius 3 is 1.71 bits per heavy atom. The lowest BCUT2D eigenvalue weighted by molar-refractivity contribution is -0.660. The van der Waals surface area contributed by atoms with E-state index in [0.29, 0.717) is 5.56 Å². The molecule has 0 spiro atoms. The minimum absolute atomic E-state index is 0.598. The maximum atomic E-state index is 10.1. The molecular weight excluding hydrogens is 512 g/mol. The van der Waals surface area contributed by atoms with Crippen LogP contribution in [0.25, 0.3) is 66.6 Å². The maximum Gasteiger partial charge on any atom is 0.216 e. The Bertz CT molecular complexity index is 2150. The summed E-state index contributed by atoms with van der Waals surface area (Å²) in [6, 6.07) is 42.4. The number of pyridine rings is 1. The van der Waals surface area contributed by atoms with Crippen molar-refractivity contribution in [2.75, 3.05) is 0 Å². The van der Waals surface area contributed by atoms with Gasteiger partial charge in [-0.1, -0.05) is 91.0 Å². The van der Waals surface area contributed by atoms with Crippen LogP contribution in [0.3, 0.4) is 0 Å². The van der Waals surface area contributed by atoms with E-state index in [2.05, 4.69) is 135 Å². The molecule has 7 aromatic rings. The highest BCUT2D eigenvalue weighted by atomic mass is 16.3. The van der Waals surface area contributed by atoms with Gasteiger partial charge in [0.25, 0.3) is 0 Å². The molecule has 3 heteroatoms. The quantitative estimate of drug-likeness (QED) is 0.208. The first-order chi connectivity index (χ1) is 20.5. The molecule has 42 heavy (non-hydrogen) atoms. The van der Waals surface area contributed by atoms with Gasteiger partial charge < -0.3 is 4.42 Å². The highest BCUT2D eigenvalue weighted by molar-refractivity contribution is 6.14. The number of hydrogen-bond donors (Lipinski definition) is 0. The van der Waals surface area contributed by atoms with E-state index < -0.39 is 0 Å². The van der Waals surface area contributed by atoms with Gasteiger partial charge in [0.05, 0.1) is 17.2 Å². The van der Waals surface area contributed by atoms with Crippen molar-refractivity contribution in [2.24, 2.45) is 7.05 Å². The smallest absolute Gasteiger partial charge is 0.216 e. The molecule has 3 nitrogen and oxygen atoms in total. The maximum absolute atomic E-state index is 10.1. The normalized spacial score (nSPS) is 11.2. The molecule has 0 saturated heterocycles. The number of nitrogens with zero attached hydrogens (tertiary/aromatic N) is 2. The second-order valence-electron chi connectivity index (χ2n) is 10.9. The molecule has 0 amide bonds. The predicted octanol–water partition coefficient (Wildman–Crippen LogP) is 9.57. The summed E-state index contributed by atoms with van der Waals surface area (Å²) in [5.74, 6) is 0. The monoisotopic (exact) mass is 541 g/mol. The Balaban J connectivity index is 1.34. The van der Waals surface area contributed by atoms with Crippen molar-refractivity contribution in [1.29, 1.82) is 5.26 Å². The molecule has 0 bridgehead atoms. The van der Waals surface area contributed by atoms with Crippen molar-refractivity contribution in [1.82, 2.24) is 0 Å². The molecule has 0 radical (unpaired) electrons. The molecule has 0 aliphatic heterocycles. The zero-order valence-electron chi connectivity index (χ0n) is 23.8. The lowest BCUT2D eigenvalue weighted by atomic mass is 9.94. The lowest BCUT2D eigenvalue weighted by Crippen LogP contribution is -2.31. The number of rotatable bonds is 4. The molecule has 2 heterocycles. The summed E-state index contributed by atoms with van der Waals surface area (Å²) < 4.78 is 8.89. The molecule has 0 saturated carbocycles. The van der Waals surface area contributed by atoms with Gasteiger partial charge in [0.15, 0.2) is 6.20 Å². The van der Waals surface area contributed by atoms with Crippen molar-refractivity contribution >= 4 is 21.9 Å². The minimum Gasteiger partial charge on any atom is -0.454 e. The molecule has 7 rings (SSSR count). The van der Waals surface area contributed by atoms with E-state index >= 15 is 0 Å². The molecule has 5 aromatic carbocycles. The molecule has 0 N–H and O–H groups in total. The van der Waals surface area contributed by atoms with Crippen LogP contribution in [-0.4, -0.2) is 0 Å². The van der Waals surface area contributed by atoms with Gasteiger partial charge >= 0.3 is 0 Å². The summed E-state index contributed by atoms with van der Waals surface area (Å²) in [6.45, 7) is 4.22. The van der Waals surface area contributed by atoms with Crippen LogP contribution in [-0.2, 0) is 7.05 Å². The summed E-state index contributed by atoms with van der Waals surface area (Å²) in [5, 5.41) is 12.2. The van der Waals surface area contributed by atoms with Crippen LogP contribution in [0, 0.1) is 25.2 Å². The van der Waals surface area contributed by atoms with Crippen molar-refractivity contribution < 1.29 is 8.98 Å². The molecular formula is C39H29N2O+. The molecule has 2 aromatic heterocycles. The number of aryl methyl sites for hydroxylation is 3. The summed E-state index contributed by atoms with van der Waals surface area (Å²) in [6.07, 6.45) is 2.13. The third kappa shape index (κ3) is 4.26. The number of aromatic nitrogens is 1. The molecule has 0 aliphatic carbocycles. The van der Waals surface area contributed by atoms with Crippen molar-refractivity contribution in [3.8, 4) is 50.7 Å². The van der Waals surface area contributed by atoms with Gasteiger partial charge in [0.1, 0.15) is 18.2 Å². The van der Waals surface area contributed by atoms with Crippen LogP contribution in [0.2, 0.25) is 0 Å². The fourth-order valence-corrected chi connectivity index (χ4v) is 6.02. The Hall–Kier alpha value is -5.46. The largest absolute Gasteiger partial charge is 0.454 e. The summed E-state index contributed by atoms with van der Waals surface area (Å²) in [4.78, 5) is 0. The van der Waals surface area contributed by atoms with Gasteiger partial charge in [-0.3, -0.25) is 0 Å². The van der Waals surface area contributed by atoms with Crippen LogP contribution in [0.15, 0.2) is 126 Å². The van der Waals surface area contributed by atoms with Crippen molar-refractivity contribution in [3.05, 3.63) is 138 Å². The number of benzene rings is 5. The average molecular weight is 542 g/mol. The SMILES string of the molecule is Cc1ccc(-c2c(C)ccc3c2oc2c(-c4ccc(-c5ccc(-c6ccccc6)cc5)cc4)c(C#N)ccc23)[n+](C)c1. The van der Waals surface area contributed by atoms with Crippen LogP contribution in [0.4, 0.5) is 0 Å². The summed E-state index contributed by atoms with van der Waals surface area (Å²) >= 11 is 0. The Morgan fingerprint density at radius 1 is 0.571 bits per heavy atom. The lowest BCUT2D eigenvalue weighted by Gasteiger charge is -2.08. The van der Waals surface area contributed by atoms with E-state index in [0.717, 1.165) is 61.0 Å². The Kier molecular flexibility index (Phi) is 6.18. The molecule has 200 valence electrons. The highest BCUT2D eigenvalue weighted by Gasteiger charge is 2.23. The van der Waals surface area contributed by atoms with Crippen LogP contribution >= 0.6 is 0 Å². The molecule has 0 aliphatic rings. The Labute approximate surface area is 245 Å². The summed E-state index contributed by atoms with van der Waals surface area (Å²) in [7, 11) is 2.07. The number of hydrogen-bond acceptors (Lipinski definition) is 2.